The molecule has 0 spiro atoms. The summed E-state index contributed by atoms with van der Waals surface area (Å²) in [6.07, 6.45) is -0.0527. The van der Waals surface area contributed by atoms with E-state index in [0.29, 0.717) is 6.54 Å². The second kappa shape index (κ2) is 8.81. The number of hydrogen-bond donors (Lipinski definition) is 4. The maximum atomic E-state index is 12.1. The van der Waals surface area contributed by atoms with Crippen LogP contribution in [0.5, 0.6) is 0 Å². The Morgan fingerprint density at radius 3 is 2.75 bits per heavy atom. The molecule has 1 unspecified atom stereocenters. The van der Waals surface area contributed by atoms with E-state index in [1.54, 1.807) is 0 Å². The van der Waals surface area contributed by atoms with Crippen LogP contribution in [0.3, 0.4) is 0 Å². The summed E-state index contributed by atoms with van der Waals surface area (Å²) in [6.45, 7) is 2.36. The van der Waals surface area contributed by atoms with E-state index in [0.717, 1.165) is 16.8 Å². The predicted octanol–water partition coefficient (Wildman–Crippen LogP) is 1.28. The number of carbonyl (C=O) groups excluding carboxylic acids is 2. The molecule has 0 radical (unpaired) electrons. The van der Waals surface area contributed by atoms with Gasteiger partial charge in [-0.1, -0.05) is 42.5 Å². The van der Waals surface area contributed by atoms with E-state index in [2.05, 4.69) is 25.9 Å². The van der Waals surface area contributed by atoms with Crippen molar-refractivity contribution in [2.45, 2.75) is 25.9 Å². The normalized spacial score (nSPS) is 16.3. The number of amides is 2. The second-order valence-electron chi connectivity index (χ2n) is 6.42. The van der Waals surface area contributed by atoms with Crippen LogP contribution in [-0.2, 0) is 16.1 Å². The summed E-state index contributed by atoms with van der Waals surface area (Å²) < 4.78 is 0. The highest BCUT2D eigenvalue weighted by atomic mass is 16.2. The molecule has 5 N–H and O–H groups in total. The molecule has 0 bridgehead atoms. The topological polar surface area (TPSA) is 121 Å². The van der Waals surface area contributed by atoms with Crippen molar-refractivity contribution in [3.05, 3.63) is 65.7 Å². The van der Waals surface area contributed by atoms with Crippen molar-refractivity contribution < 1.29 is 9.59 Å². The molecular weight excluding hydrogens is 356 g/mol. The van der Waals surface area contributed by atoms with Crippen LogP contribution in [0.2, 0.25) is 0 Å². The van der Waals surface area contributed by atoms with Crippen LogP contribution in [0, 0.1) is 6.92 Å². The van der Waals surface area contributed by atoms with Crippen LogP contribution >= 0.6 is 0 Å². The van der Waals surface area contributed by atoms with Gasteiger partial charge in [-0.25, -0.2) is 4.99 Å². The Balaban J connectivity index is 1.55. The molecule has 0 aromatic heterocycles. The van der Waals surface area contributed by atoms with Gasteiger partial charge >= 0.3 is 0 Å². The van der Waals surface area contributed by atoms with E-state index >= 15 is 0 Å². The summed E-state index contributed by atoms with van der Waals surface area (Å²) in [4.78, 5) is 32.4. The van der Waals surface area contributed by atoms with Gasteiger partial charge < -0.3 is 16.4 Å². The van der Waals surface area contributed by atoms with Gasteiger partial charge in [0, 0.05) is 12.2 Å². The lowest BCUT2D eigenvalue weighted by Crippen LogP contribution is -2.33. The number of nitrogens with one attached hydrogen (secondary N) is 3. The number of benzene rings is 2. The Bertz CT molecular complexity index is 923. The zero-order valence-electron chi connectivity index (χ0n) is 15.5. The van der Waals surface area contributed by atoms with Crippen molar-refractivity contribution in [2.75, 3.05) is 5.32 Å². The minimum absolute atomic E-state index is 0.0527. The van der Waals surface area contributed by atoms with Gasteiger partial charge in [0.2, 0.25) is 17.8 Å². The number of carbonyl (C=O) groups is 2. The minimum Gasteiger partial charge on any atom is -0.369 e. The Hall–Kier alpha value is -3.68. The monoisotopic (exact) mass is 378 g/mol. The summed E-state index contributed by atoms with van der Waals surface area (Å²) in [5, 5.41) is 8.25. The van der Waals surface area contributed by atoms with Crippen molar-refractivity contribution in [3.63, 3.8) is 0 Å². The van der Waals surface area contributed by atoms with Crippen LogP contribution in [0.4, 0.5) is 5.69 Å². The molecule has 0 saturated heterocycles. The SMILES string of the molecule is Cc1cccc(N/C(N)=N/C2=NC(CC(=O)NCc3ccccc3)C(=O)N2)c1. The van der Waals surface area contributed by atoms with Gasteiger partial charge in [0.15, 0.2) is 0 Å². The number of nitrogens with zero attached hydrogens (tertiary/aromatic N) is 2. The number of guanidine groups is 2. The molecule has 2 aromatic carbocycles. The molecule has 1 aliphatic heterocycles. The first-order valence-corrected chi connectivity index (χ1v) is 8.87. The van der Waals surface area contributed by atoms with Gasteiger partial charge in [-0.3, -0.25) is 14.9 Å². The van der Waals surface area contributed by atoms with Crippen molar-refractivity contribution in [1.82, 2.24) is 10.6 Å². The lowest BCUT2D eigenvalue weighted by molar-refractivity contribution is -0.126. The number of rotatable bonds is 5. The molecule has 0 aliphatic carbocycles. The summed E-state index contributed by atoms with van der Waals surface area (Å²) in [6, 6.07) is 16.3. The van der Waals surface area contributed by atoms with Gasteiger partial charge in [0.1, 0.15) is 6.04 Å². The largest absolute Gasteiger partial charge is 0.369 e. The van der Waals surface area contributed by atoms with Crippen LogP contribution in [0.15, 0.2) is 64.6 Å². The molecule has 1 aliphatic rings. The van der Waals surface area contributed by atoms with Crippen molar-refractivity contribution in [2.24, 2.45) is 15.7 Å². The van der Waals surface area contributed by atoms with E-state index in [4.69, 9.17) is 5.73 Å². The average molecular weight is 378 g/mol. The minimum atomic E-state index is -0.818. The predicted molar refractivity (Wildman–Crippen MR) is 109 cm³/mol. The van der Waals surface area contributed by atoms with Gasteiger partial charge in [0.05, 0.1) is 6.42 Å². The van der Waals surface area contributed by atoms with E-state index < -0.39 is 6.04 Å². The number of aliphatic imine (C=N–C) groups is 2. The maximum absolute atomic E-state index is 12.1. The molecule has 28 heavy (non-hydrogen) atoms. The number of anilines is 1. The van der Waals surface area contributed by atoms with E-state index in [1.165, 1.54) is 0 Å². The summed E-state index contributed by atoms with van der Waals surface area (Å²) in [5.74, 6) is -0.455. The number of hydrogen-bond acceptors (Lipinski definition) is 4. The summed E-state index contributed by atoms with van der Waals surface area (Å²) in [5.41, 5.74) is 8.70. The fourth-order valence-electron chi connectivity index (χ4n) is 2.68. The third kappa shape index (κ3) is 5.41. The Morgan fingerprint density at radius 1 is 1.21 bits per heavy atom. The molecule has 8 nitrogen and oxygen atoms in total. The Kier molecular flexibility index (Phi) is 6.01. The highest BCUT2D eigenvalue weighted by Crippen LogP contribution is 2.10. The van der Waals surface area contributed by atoms with Crippen molar-refractivity contribution >= 4 is 29.4 Å². The Morgan fingerprint density at radius 2 is 2.00 bits per heavy atom. The molecule has 2 aromatic rings. The molecular formula is C20H22N6O2. The lowest BCUT2D eigenvalue weighted by atomic mass is 10.2. The Labute approximate surface area is 163 Å². The number of aryl methyl sites for hydroxylation is 1. The summed E-state index contributed by atoms with van der Waals surface area (Å²) in [7, 11) is 0. The van der Waals surface area contributed by atoms with Gasteiger partial charge in [-0.15, -0.1) is 0 Å². The lowest BCUT2D eigenvalue weighted by Gasteiger charge is -2.06. The molecule has 3 rings (SSSR count). The van der Waals surface area contributed by atoms with E-state index in [9.17, 15) is 9.59 Å². The zero-order chi connectivity index (χ0) is 19.9. The first-order valence-electron chi connectivity index (χ1n) is 8.87. The summed E-state index contributed by atoms with van der Waals surface area (Å²) >= 11 is 0. The average Bonchev–Trinajstić information content (AvgIpc) is 2.99. The molecule has 0 fully saturated rings. The molecule has 1 heterocycles. The quantitative estimate of drug-likeness (QED) is 0.463. The van der Waals surface area contributed by atoms with Crippen molar-refractivity contribution in [3.8, 4) is 0 Å². The van der Waals surface area contributed by atoms with Crippen LogP contribution < -0.4 is 21.7 Å². The standard InChI is InChI=1S/C20H22N6O2/c1-13-6-5-9-15(10-13)23-19(21)26-20-24-16(18(28)25-20)11-17(27)22-12-14-7-3-2-4-8-14/h2-10,16H,11-12H2,1H3,(H,22,27)(H4,21,23,24,25,26,28). The second-order valence-corrected chi connectivity index (χ2v) is 6.42. The van der Waals surface area contributed by atoms with Gasteiger partial charge in [0.25, 0.3) is 5.91 Å². The fourth-order valence-corrected chi connectivity index (χ4v) is 2.68. The van der Waals surface area contributed by atoms with Crippen LogP contribution in [0.1, 0.15) is 17.5 Å². The molecule has 144 valence electrons. The molecule has 1 atom stereocenters. The molecule has 0 saturated carbocycles. The van der Waals surface area contributed by atoms with Crippen LogP contribution in [-0.4, -0.2) is 29.8 Å². The third-order valence-electron chi connectivity index (χ3n) is 4.04. The molecule has 8 heteroatoms. The van der Waals surface area contributed by atoms with E-state index in [1.807, 2.05) is 61.5 Å². The highest BCUT2D eigenvalue weighted by molar-refractivity contribution is 6.11. The van der Waals surface area contributed by atoms with Gasteiger partial charge in [-0.05, 0) is 30.2 Å². The first kappa shape index (κ1) is 19.1. The van der Waals surface area contributed by atoms with Crippen LogP contribution in [0.25, 0.3) is 0 Å². The third-order valence-corrected chi connectivity index (χ3v) is 4.04. The zero-order valence-corrected chi connectivity index (χ0v) is 15.5. The smallest absolute Gasteiger partial charge is 0.252 e. The highest BCUT2D eigenvalue weighted by Gasteiger charge is 2.28. The fraction of sp³-hybridized carbons (Fsp3) is 0.200. The van der Waals surface area contributed by atoms with E-state index in [-0.39, 0.29) is 30.2 Å². The van der Waals surface area contributed by atoms with Crippen molar-refractivity contribution in [1.29, 1.82) is 0 Å². The first-order chi connectivity index (χ1) is 13.5. The number of nitrogens with two attached hydrogens (primary N) is 1. The van der Waals surface area contributed by atoms with Gasteiger partial charge in [-0.2, -0.15) is 4.99 Å². The molecule has 2 amide bonds. The maximum Gasteiger partial charge on any atom is 0.252 e.